The number of aromatic amines is 1. The van der Waals surface area contributed by atoms with Gasteiger partial charge >= 0.3 is 0 Å². The number of likely N-dealkylation sites (N-methyl/N-ethyl adjacent to an activating group) is 1. The van der Waals surface area contributed by atoms with Crippen LogP contribution in [0.15, 0.2) is 53.3 Å². The lowest BCUT2D eigenvalue weighted by Gasteiger charge is -2.23. The van der Waals surface area contributed by atoms with Crippen molar-refractivity contribution in [1.29, 1.82) is 5.26 Å². The molecule has 0 bridgehead atoms. The molecular weight excluding hydrogens is 342 g/mol. The number of nitrogens with one attached hydrogen (secondary N) is 2. The summed E-state index contributed by atoms with van der Waals surface area (Å²) in [6.07, 6.45) is 0. The van der Waals surface area contributed by atoms with Crippen molar-refractivity contribution in [2.75, 3.05) is 12.4 Å². The summed E-state index contributed by atoms with van der Waals surface area (Å²) in [6.45, 7) is 2.10. The first kappa shape index (κ1) is 18.3. The van der Waals surface area contributed by atoms with Gasteiger partial charge in [0.1, 0.15) is 5.82 Å². The fourth-order valence-corrected chi connectivity index (χ4v) is 2.66. The Kier molecular flexibility index (Phi) is 5.29. The maximum Gasteiger partial charge on any atom is 0.258 e. The number of nitrogens with zero attached hydrogens (tertiary/aromatic N) is 3. The number of aromatic nitrogens is 2. The molecule has 1 aromatic heterocycles. The van der Waals surface area contributed by atoms with Crippen LogP contribution < -0.4 is 10.9 Å². The second-order valence-electron chi connectivity index (χ2n) is 6.30. The lowest BCUT2D eigenvalue weighted by Crippen LogP contribution is -2.39. The van der Waals surface area contributed by atoms with E-state index in [1.54, 1.807) is 61.3 Å². The number of fused-ring (bicyclic) bond motifs is 1. The van der Waals surface area contributed by atoms with Crippen LogP contribution in [0.4, 0.5) is 5.69 Å². The molecule has 7 nitrogen and oxygen atoms in total. The first-order chi connectivity index (χ1) is 13.0. The summed E-state index contributed by atoms with van der Waals surface area (Å²) < 4.78 is 0. The van der Waals surface area contributed by atoms with Gasteiger partial charge in [-0.1, -0.05) is 12.1 Å². The second kappa shape index (κ2) is 7.81. The third-order valence-electron chi connectivity index (χ3n) is 4.38. The molecule has 1 unspecified atom stereocenters. The molecule has 27 heavy (non-hydrogen) atoms. The molecule has 1 amide bonds. The summed E-state index contributed by atoms with van der Waals surface area (Å²) in [5.41, 5.74) is 1.58. The Labute approximate surface area is 156 Å². The summed E-state index contributed by atoms with van der Waals surface area (Å²) in [5.74, 6) is 0.310. The molecule has 136 valence electrons. The van der Waals surface area contributed by atoms with Crippen LogP contribution in [0.3, 0.4) is 0 Å². The molecule has 2 aromatic carbocycles. The molecular formula is C20H19N5O2. The largest absolute Gasteiger partial charge is 0.325 e. The summed E-state index contributed by atoms with van der Waals surface area (Å²) in [5, 5.41) is 12.2. The van der Waals surface area contributed by atoms with E-state index in [1.807, 2.05) is 12.1 Å². The van der Waals surface area contributed by atoms with E-state index in [-0.39, 0.29) is 11.5 Å². The van der Waals surface area contributed by atoms with E-state index >= 15 is 0 Å². The van der Waals surface area contributed by atoms with Gasteiger partial charge in [0.05, 0.1) is 35.1 Å². The highest BCUT2D eigenvalue weighted by Crippen LogP contribution is 2.12. The third kappa shape index (κ3) is 4.19. The average Bonchev–Trinajstić information content (AvgIpc) is 2.68. The van der Waals surface area contributed by atoms with Gasteiger partial charge in [-0.3, -0.25) is 14.5 Å². The number of para-hydroxylation sites is 1. The van der Waals surface area contributed by atoms with Crippen molar-refractivity contribution >= 4 is 22.5 Å². The van der Waals surface area contributed by atoms with Gasteiger partial charge in [0.2, 0.25) is 5.91 Å². The lowest BCUT2D eigenvalue weighted by atomic mass is 10.2. The van der Waals surface area contributed by atoms with Crippen molar-refractivity contribution in [3.63, 3.8) is 0 Å². The Morgan fingerprint density at radius 3 is 2.67 bits per heavy atom. The molecule has 1 atom stereocenters. The minimum Gasteiger partial charge on any atom is -0.325 e. The highest BCUT2D eigenvalue weighted by molar-refractivity contribution is 5.94. The Bertz CT molecular complexity index is 1070. The summed E-state index contributed by atoms with van der Waals surface area (Å²) >= 11 is 0. The molecule has 0 aliphatic carbocycles. The monoisotopic (exact) mass is 361 g/mol. The smallest absolute Gasteiger partial charge is 0.258 e. The van der Waals surface area contributed by atoms with E-state index in [1.165, 1.54) is 0 Å². The molecule has 0 saturated heterocycles. The third-order valence-corrected chi connectivity index (χ3v) is 4.38. The van der Waals surface area contributed by atoms with E-state index in [4.69, 9.17) is 5.26 Å². The minimum absolute atomic E-state index is 0.189. The molecule has 0 radical (unpaired) electrons. The Morgan fingerprint density at radius 2 is 1.96 bits per heavy atom. The van der Waals surface area contributed by atoms with Crippen LogP contribution in [-0.4, -0.2) is 33.9 Å². The minimum atomic E-state index is -0.447. The lowest BCUT2D eigenvalue weighted by molar-refractivity contribution is -0.120. The van der Waals surface area contributed by atoms with Gasteiger partial charge in [0.15, 0.2) is 0 Å². The number of hydrogen-bond donors (Lipinski definition) is 2. The Balaban J connectivity index is 1.69. The van der Waals surface area contributed by atoms with Crippen molar-refractivity contribution in [1.82, 2.24) is 14.9 Å². The fraction of sp³-hybridized carbons (Fsp3) is 0.200. The molecule has 3 aromatic rings. The summed E-state index contributed by atoms with van der Waals surface area (Å²) in [4.78, 5) is 33.7. The molecule has 3 rings (SSSR count). The van der Waals surface area contributed by atoms with E-state index in [2.05, 4.69) is 15.3 Å². The number of amides is 1. The first-order valence-corrected chi connectivity index (χ1v) is 8.47. The van der Waals surface area contributed by atoms with Gasteiger partial charge in [0.25, 0.3) is 5.56 Å². The van der Waals surface area contributed by atoms with Gasteiger partial charge in [-0.05, 0) is 50.4 Å². The van der Waals surface area contributed by atoms with Crippen molar-refractivity contribution < 1.29 is 4.79 Å². The zero-order valence-corrected chi connectivity index (χ0v) is 15.1. The van der Waals surface area contributed by atoms with Crippen LogP contribution in [0.2, 0.25) is 0 Å². The molecule has 0 aliphatic heterocycles. The van der Waals surface area contributed by atoms with Crippen LogP contribution in [0.25, 0.3) is 10.9 Å². The first-order valence-electron chi connectivity index (χ1n) is 8.47. The number of H-pyrrole nitrogens is 1. The molecule has 0 fully saturated rings. The van der Waals surface area contributed by atoms with Crippen molar-refractivity contribution in [3.05, 3.63) is 70.3 Å². The number of nitriles is 1. The Morgan fingerprint density at radius 1 is 1.26 bits per heavy atom. The molecule has 0 spiro atoms. The summed E-state index contributed by atoms with van der Waals surface area (Å²) in [6, 6.07) is 15.4. The van der Waals surface area contributed by atoms with E-state index in [0.29, 0.717) is 34.5 Å². The van der Waals surface area contributed by atoms with Gasteiger partial charge in [-0.15, -0.1) is 0 Å². The maximum atomic E-state index is 12.5. The standard InChI is InChI=1S/C20H19N5O2/c1-13(19(26)22-15-9-7-14(11-21)8-10-15)25(2)12-18-23-17-6-4-3-5-16(17)20(27)24-18/h3-10,13H,12H2,1-2H3,(H,22,26)(H,23,24,27). The van der Waals surface area contributed by atoms with Crippen molar-refractivity contribution in [2.45, 2.75) is 19.5 Å². The number of rotatable bonds is 5. The van der Waals surface area contributed by atoms with E-state index < -0.39 is 6.04 Å². The van der Waals surface area contributed by atoms with E-state index in [0.717, 1.165) is 0 Å². The van der Waals surface area contributed by atoms with Crippen LogP contribution in [0.5, 0.6) is 0 Å². The zero-order chi connectivity index (χ0) is 19.4. The number of carbonyl (C=O) groups is 1. The van der Waals surface area contributed by atoms with E-state index in [9.17, 15) is 9.59 Å². The maximum absolute atomic E-state index is 12.5. The van der Waals surface area contributed by atoms with Crippen LogP contribution >= 0.6 is 0 Å². The second-order valence-corrected chi connectivity index (χ2v) is 6.30. The van der Waals surface area contributed by atoms with Crippen LogP contribution in [0, 0.1) is 11.3 Å². The average molecular weight is 361 g/mol. The molecule has 0 saturated carbocycles. The topological polar surface area (TPSA) is 102 Å². The van der Waals surface area contributed by atoms with Gasteiger partial charge < -0.3 is 10.3 Å². The number of hydrogen-bond acceptors (Lipinski definition) is 5. The zero-order valence-electron chi connectivity index (χ0n) is 15.1. The predicted molar refractivity (Wildman–Crippen MR) is 103 cm³/mol. The van der Waals surface area contributed by atoms with Gasteiger partial charge in [0, 0.05) is 5.69 Å². The van der Waals surface area contributed by atoms with Crippen LogP contribution in [-0.2, 0) is 11.3 Å². The van der Waals surface area contributed by atoms with Crippen molar-refractivity contribution in [3.8, 4) is 6.07 Å². The van der Waals surface area contributed by atoms with Crippen LogP contribution in [0.1, 0.15) is 18.3 Å². The SMILES string of the molecule is CC(C(=O)Nc1ccc(C#N)cc1)N(C)Cc1nc2ccccc2c(=O)[nH]1. The van der Waals surface area contributed by atoms with Crippen molar-refractivity contribution in [2.24, 2.45) is 0 Å². The normalized spacial score (nSPS) is 11.9. The van der Waals surface area contributed by atoms with Gasteiger partial charge in [-0.2, -0.15) is 5.26 Å². The number of carbonyl (C=O) groups excluding carboxylic acids is 1. The Hall–Kier alpha value is -3.50. The molecule has 0 aliphatic rings. The highest BCUT2D eigenvalue weighted by atomic mass is 16.2. The number of anilines is 1. The number of benzene rings is 2. The molecule has 1 heterocycles. The predicted octanol–water partition coefficient (Wildman–Crippen LogP) is 2.25. The fourth-order valence-electron chi connectivity index (χ4n) is 2.66. The summed E-state index contributed by atoms with van der Waals surface area (Å²) in [7, 11) is 1.79. The highest BCUT2D eigenvalue weighted by Gasteiger charge is 2.19. The van der Waals surface area contributed by atoms with Gasteiger partial charge in [-0.25, -0.2) is 4.98 Å². The molecule has 7 heteroatoms. The quantitative estimate of drug-likeness (QED) is 0.726. The molecule has 2 N–H and O–H groups in total.